The summed E-state index contributed by atoms with van der Waals surface area (Å²) < 4.78 is 1.01. The fourth-order valence-electron chi connectivity index (χ4n) is 3.21. The molecule has 0 bridgehead atoms. The predicted molar refractivity (Wildman–Crippen MR) is 114 cm³/mol. The van der Waals surface area contributed by atoms with Crippen LogP contribution in [0, 0.1) is 13.8 Å². The highest BCUT2D eigenvalue weighted by atomic mass is 32.1. The van der Waals surface area contributed by atoms with Gasteiger partial charge in [0.1, 0.15) is 17.0 Å². The van der Waals surface area contributed by atoms with Crippen molar-refractivity contribution in [3.63, 3.8) is 0 Å². The van der Waals surface area contributed by atoms with Gasteiger partial charge < -0.3 is 10.4 Å². The van der Waals surface area contributed by atoms with Crippen LogP contribution in [0.4, 0.5) is 5.82 Å². The molecule has 144 valence electrons. The van der Waals surface area contributed by atoms with Gasteiger partial charge in [-0.25, -0.2) is 9.97 Å². The predicted octanol–water partition coefficient (Wildman–Crippen LogP) is 4.13. The van der Waals surface area contributed by atoms with Gasteiger partial charge in [-0.05, 0) is 50.8 Å². The molecule has 1 aromatic carbocycles. The lowest BCUT2D eigenvalue weighted by atomic mass is 9.97. The highest BCUT2D eigenvalue weighted by Gasteiger charge is 2.16. The van der Waals surface area contributed by atoms with E-state index in [4.69, 9.17) is 0 Å². The van der Waals surface area contributed by atoms with E-state index in [-0.39, 0.29) is 0 Å². The van der Waals surface area contributed by atoms with E-state index in [2.05, 4.69) is 44.5 Å². The van der Waals surface area contributed by atoms with Gasteiger partial charge in [0.15, 0.2) is 0 Å². The molecule has 4 aromatic rings. The van der Waals surface area contributed by atoms with Crippen molar-refractivity contribution >= 4 is 37.6 Å². The molecule has 0 spiro atoms. The second kappa shape index (κ2) is 7.07. The van der Waals surface area contributed by atoms with Gasteiger partial charge in [-0.3, -0.25) is 0 Å². The van der Waals surface area contributed by atoms with Crippen LogP contribution in [-0.4, -0.2) is 31.8 Å². The van der Waals surface area contributed by atoms with E-state index < -0.39 is 5.60 Å². The van der Waals surface area contributed by atoms with Gasteiger partial charge in [0.25, 0.3) is 0 Å². The number of aliphatic hydroxyl groups is 1. The number of rotatable bonds is 5. The molecule has 0 saturated carbocycles. The zero-order valence-electron chi connectivity index (χ0n) is 16.4. The summed E-state index contributed by atoms with van der Waals surface area (Å²) in [5.74, 6) is 0.832. The highest BCUT2D eigenvalue weighted by molar-refractivity contribution is 7.25. The zero-order chi connectivity index (χ0) is 19.9. The molecule has 7 heteroatoms. The van der Waals surface area contributed by atoms with Crippen LogP contribution in [-0.2, 0) is 12.0 Å². The molecular weight excluding hydrogens is 370 g/mol. The first-order chi connectivity index (χ1) is 13.3. The number of nitrogens with one attached hydrogen (secondary N) is 1. The molecule has 0 amide bonds. The second-order valence-corrected chi connectivity index (χ2v) is 8.52. The third kappa shape index (κ3) is 3.43. The highest BCUT2D eigenvalue weighted by Crippen LogP contribution is 2.36. The van der Waals surface area contributed by atoms with Gasteiger partial charge in [0, 0.05) is 11.9 Å². The average Bonchev–Trinajstić information content (AvgIpc) is 3.05. The normalized spacial score (nSPS) is 12.0. The molecule has 2 N–H and O–H groups in total. The minimum atomic E-state index is -0.816. The molecule has 0 unspecified atom stereocenters. The Morgan fingerprint density at radius 3 is 2.54 bits per heavy atom. The summed E-state index contributed by atoms with van der Waals surface area (Å²) in [5.41, 5.74) is 4.28. The van der Waals surface area contributed by atoms with Crippen molar-refractivity contribution in [2.75, 3.05) is 11.9 Å². The smallest absolute Gasteiger partial charge is 0.149 e. The number of fused-ring (bicyclic) bond motifs is 3. The van der Waals surface area contributed by atoms with E-state index >= 15 is 0 Å². The SMILES string of the molecule is Cc1nnc2sc3c(NCCc4ccc(C(C)(C)O)cc4)ncnc3c2c1C. The number of hydrogen-bond acceptors (Lipinski definition) is 7. The van der Waals surface area contributed by atoms with E-state index in [0.717, 1.165) is 56.0 Å². The second-order valence-electron chi connectivity index (χ2n) is 7.53. The van der Waals surface area contributed by atoms with Gasteiger partial charge in [0.2, 0.25) is 0 Å². The largest absolute Gasteiger partial charge is 0.386 e. The summed E-state index contributed by atoms with van der Waals surface area (Å²) in [6.07, 6.45) is 2.46. The van der Waals surface area contributed by atoms with Crippen LogP contribution in [0.5, 0.6) is 0 Å². The first-order valence-electron chi connectivity index (χ1n) is 9.27. The summed E-state index contributed by atoms with van der Waals surface area (Å²) in [5, 5.41) is 23.1. The van der Waals surface area contributed by atoms with Crippen molar-refractivity contribution < 1.29 is 5.11 Å². The molecule has 0 aliphatic rings. The van der Waals surface area contributed by atoms with E-state index in [0.29, 0.717) is 0 Å². The maximum absolute atomic E-state index is 10.1. The lowest BCUT2D eigenvalue weighted by Crippen LogP contribution is -2.15. The number of aryl methyl sites for hydroxylation is 2. The Morgan fingerprint density at radius 1 is 1.07 bits per heavy atom. The Morgan fingerprint density at radius 2 is 1.82 bits per heavy atom. The van der Waals surface area contributed by atoms with Gasteiger partial charge in [0.05, 0.1) is 21.5 Å². The van der Waals surface area contributed by atoms with Crippen molar-refractivity contribution in [3.05, 3.63) is 53.0 Å². The van der Waals surface area contributed by atoms with E-state index in [1.165, 1.54) is 5.56 Å². The molecule has 6 nitrogen and oxygen atoms in total. The Balaban J connectivity index is 1.55. The molecule has 4 rings (SSSR count). The number of benzene rings is 1. The minimum Gasteiger partial charge on any atom is -0.386 e. The number of anilines is 1. The Labute approximate surface area is 167 Å². The molecule has 0 aliphatic carbocycles. The molecule has 3 aromatic heterocycles. The molecule has 3 heterocycles. The monoisotopic (exact) mass is 393 g/mol. The number of hydrogen-bond donors (Lipinski definition) is 2. The maximum Gasteiger partial charge on any atom is 0.149 e. The fraction of sp³-hybridized carbons (Fsp3) is 0.333. The molecule has 28 heavy (non-hydrogen) atoms. The van der Waals surface area contributed by atoms with E-state index in [1.54, 1.807) is 31.5 Å². The topological polar surface area (TPSA) is 83.8 Å². The standard InChI is InChI=1S/C21H23N5OS/c1-12-13(2)25-26-20-16(12)17-18(28-20)19(24-11-23-17)22-10-9-14-5-7-15(8-6-14)21(3,4)27/h5-8,11,27H,9-10H2,1-4H3,(H,22,23,24). The Kier molecular flexibility index (Phi) is 4.72. The summed E-state index contributed by atoms with van der Waals surface area (Å²) in [4.78, 5) is 9.83. The van der Waals surface area contributed by atoms with Crippen LogP contribution >= 0.6 is 11.3 Å². The molecule has 0 saturated heterocycles. The van der Waals surface area contributed by atoms with Crippen molar-refractivity contribution in [2.45, 2.75) is 39.7 Å². The van der Waals surface area contributed by atoms with Gasteiger partial charge >= 0.3 is 0 Å². The first-order valence-corrected chi connectivity index (χ1v) is 10.1. The van der Waals surface area contributed by atoms with E-state index in [1.807, 2.05) is 19.1 Å². The number of thiophene rings is 1. The average molecular weight is 394 g/mol. The van der Waals surface area contributed by atoms with Crippen molar-refractivity contribution in [1.29, 1.82) is 0 Å². The Bertz CT molecular complexity index is 1150. The van der Waals surface area contributed by atoms with E-state index in [9.17, 15) is 5.11 Å². The van der Waals surface area contributed by atoms with Gasteiger partial charge in [-0.1, -0.05) is 24.3 Å². The zero-order valence-corrected chi connectivity index (χ0v) is 17.3. The number of nitrogens with zero attached hydrogens (tertiary/aromatic N) is 4. The first kappa shape index (κ1) is 18.7. The molecular formula is C21H23N5OS. The van der Waals surface area contributed by atoms with Crippen LogP contribution < -0.4 is 5.32 Å². The number of aromatic nitrogens is 4. The molecule has 0 atom stereocenters. The summed E-state index contributed by atoms with van der Waals surface area (Å²) in [6, 6.07) is 8.08. The minimum absolute atomic E-state index is 0.756. The molecule has 0 aliphatic heterocycles. The quantitative estimate of drug-likeness (QED) is 0.530. The third-order valence-corrected chi connectivity index (χ3v) is 6.10. The van der Waals surface area contributed by atoms with Crippen LogP contribution in [0.1, 0.15) is 36.2 Å². The molecule has 0 fully saturated rings. The van der Waals surface area contributed by atoms with Crippen molar-refractivity contribution in [3.8, 4) is 0 Å². The molecule has 0 radical (unpaired) electrons. The lowest BCUT2D eigenvalue weighted by molar-refractivity contribution is 0.0786. The third-order valence-electron chi connectivity index (χ3n) is 5.03. The van der Waals surface area contributed by atoms with Crippen LogP contribution in [0.2, 0.25) is 0 Å². The fourth-order valence-corrected chi connectivity index (χ4v) is 4.31. The lowest BCUT2D eigenvalue weighted by Gasteiger charge is -2.17. The Hall–Kier alpha value is -2.64. The van der Waals surface area contributed by atoms with Gasteiger partial charge in [-0.15, -0.1) is 16.4 Å². The van der Waals surface area contributed by atoms with Crippen molar-refractivity contribution in [1.82, 2.24) is 20.2 Å². The van der Waals surface area contributed by atoms with Crippen LogP contribution in [0.25, 0.3) is 20.4 Å². The summed E-state index contributed by atoms with van der Waals surface area (Å²) >= 11 is 1.57. The van der Waals surface area contributed by atoms with Crippen LogP contribution in [0.3, 0.4) is 0 Å². The summed E-state index contributed by atoms with van der Waals surface area (Å²) in [6.45, 7) is 8.37. The van der Waals surface area contributed by atoms with Crippen LogP contribution in [0.15, 0.2) is 30.6 Å². The van der Waals surface area contributed by atoms with Gasteiger partial charge in [-0.2, -0.15) is 5.10 Å². The summed E-state index contributed by atoms with van der Waals surface area (Å²) in [7, 11) is 0. The van der Waals surface area contributed by atoms with Crippen molar-refractivity contribution in [2.24, 2.45) is 0 Å². The maximum atomic E-state index is 10.1.